The van der Waals surface area contributed by atoms with Crippen molar-refractivity contribution in [3.05, 3.63) is 58.4 Å². The smallest absolute Gasteiger partial charge is 0.271 e. The van der Waals surface area contributed by atoms with Crippen LogP contribution in [0.5, 0.6) is 0 Å². The Kier molecular flexibility index (Phi) is 6.55. The highest BCUT2D eigenvalue weighted by molar-refractivity contribution is 7.99. The fourth-order valence-corrected chi connectivity index (χ4v) is 3.47. The number of aryl methyl sites for hydroxylation is 1. The van der Waals surface area contributed by atoms with E-state index in [-0.39, 0.29) is 17.3 Å². The highest BCUT2D eigenvalue weighted by Crippen LogP contribution is 2.25. The van der Waals surface area contributed by atoms with Crippen LogP contribution in [0.2, 0.25) is 0 Å². The molecule has 2 heterocycles. The molecule has 0 atom stereocenters. The molecule has 3 aromatic rings. The molecule has 1 amide bonds. The van der Waals surface area contributed by atoms with E-state index >= 15 is 0 Å². The summed E-state index contributed by atoms with van der Waals surface area (Å²) in [5.74, 6) is 0.571. The Bertz CT molecular complexity index is 1020. The molecule has 10 heteroatoms. The number of carbonyl (C=O) groups excluding carboxylic acids is 1. The van der Waals surface area contributed by atoms with Crippen LogP contribution in [0.25, 0.3) is 11.4 Å². The maximum absolute atomic E-state index is 12.4. The molecule has 3 rings (SSSR count). The third-order valence-electron chi connectivity index (χ3n) is 4.14. The zero-order chi connectivity index (χ0) is 20.8. The number of amides is 1. The molecule has 0 aliphatic heterocycles. The van der Waals surface area contributed by atoms with Gasteiger partial charge in [0, 0.05) is 36.6 Å². The molecule has 0 unspecified atom stereocenters. The second kappa shape index (κ2) is 9.28. The monoisotopic (exact) mass is 412 g/mol. The molecule has 29 heavy (non-hydrogen) atoms. The number of pyridine rings is 1. The summed E-state index contributed by atoms with van der Waals surface area (Å²) in [6, 6.07) is 8.11. The van der Waals surface area contributed by atoms with Gasteiger partial charge in [-0.05, 0) is 31.0 Å². The normalized spacial score (nSPS) is 10.7. The van der Waals surface area contributed by atoms with E-state index in [1.54, 1.807) is 25.4 Å². The molecule has 0 radical (unpaired) electrons. The summed E-state index contributed by atoms with van der Waals surface area (Å²) in [6.07, 6.45) is 4.28. The molecule has 0 bridgehead atoms. The lowest BCUT2D eigenvalue weighted by molar-refractivity contribution is -0.384. The lowest BCUT2D eigenvalue weighted by Crippen LogP contribution is -2.15. The molecular weight excluding hydrogens is 392 g/mol. The largest absolute Gasteiger partial charge is 0.325 e. The van der Waals surface area contributed by atoms with Crippen molar-refractivity contribution in [1.82, 2.24) is 19.7 Å². The summed E-state index contributed by atoms with van der Waals surface area (Å²) in [5, 5.41) is 22.8. The van der Waals surface area contributed by atoms with Gasteiger partial charge >= 0.3 is 0 Å². The third kappa shape index (κ3) is 4.96. The molecular formula is C19H20N6O3S. The number of nitro groups is 1. The van der Waals surface area contributed by atoms with Gasteiger partial charge in [-0.25, -0.2) is 0 Å². The lowest BCUT2D eigenvalue weighted by atomic mass is 10.2. The summed E-state index contributed by atoms with van der Waals surface area (Å²) in [4.78, 5) is 26.9. The van der Waals surface area contributed by atoms with Gasteiger partial charge in [0.15, 0.2) is 11.0 Å². The van der Waals surface area contributed by atoms with Crippen molar-refractivity contribution in [3.8, 4) is 11.4 Å². The fraction of sp³-hybridized carbons (Fsp3) is 0.263. The molecule has 1 N–H and O–H groups in total. The van der Waals surface area contributed by atoms with Crippen molar-refractivity contribution < 1.29 is 9.72 Å². The predicted molar refractivity (Wildman–Crippen MR) is 111 cm³/mol. The van der Waals surface area contributed by atoms with E-state index in [1.165, 1.54) is 23.9 Å². The van der Waals surface area contributed by atoms with Crippen molar-refractivity contribution in [3.63, 3.8) is 0 Å². The lowest BCUT2D eigenvalue weighted by Gasteiger charge is -2.10. The second-order valence-corrected chi connectivity index (χ2v) is 7.23. The van der Waals surface area contributed by atoms with Crippen LogP contribution >= 0.6 is 11.8 Å². The van der Waals surface area contributed by atoms with Crippen LogP contribution in [0.4, 0.5) is 11.4 Å². The Morgan fingerprint density at radius 3 is 2.69 bits per heavy atom. The van der Waals surface area contributed by atoms with Gasteiger partial charge < -0.3 is 9.88 Å². The molecule has 0 saturated heterocycles. The molecule has 0 aliphatic rings. The van der Waals surface area contributed by atoms with Crippen molar-refractivity contribution in [2.45, 2.75) is 32.0 Å². The number of thioether (sulfide) groups is 1. The highest BCUT2D eigenvalue weighted by atomic mass is 32.2. The van der Waals surface area contributed by atoms with Gasteiger partial charge in [-0.1, -0.05) is 24.8 Å². The first-order chi connectivity index (χ1) is 14.0. The number of nitro benzene ring substituents is 1. The average molecular weight is 412 g/mol. The van der Waals surface area contributed by atoms with Crippen molar-refractivity contribution >= 4 is 29.0 Å². The van der Waals surface area contributed by atoms with Crippen LogP contribution in [0.15, 0.2) is 47.9 Å². The molecule has 2 aromatic heterocycles. The fourth-order valence-electron chi connectivity index (χ4n) is 2.71. The average Bonchev–Trinajstić information content (AvgIpc) is 3.11. The van der Waals surface area contributed by atoms with Gasteiger partial charge in [0.05, 0.1) is 16.4 Å². The van der Waals surface area contributed by atoms with Crippen LogP contribution in [0.1, 0.15) is 18.9 Å². The molecule has 0 fully saturated rings. The molecule has 0 spiro atoms. The standard InChI is InChI=1S/C19H20N6O3S/c1-3-10-24-18(14-6-8-20-9-7-14)22-23-19(24)29-12-17(26)21-16-11-15(25(27)28)5-4-13(16)2/h4-9,11H,3,10,12H2,1-2H3,(H,21,26). The first-order valence-electron chi connectivity index (χ1n) is 9.01. The Hall–Kier alpha value is -3.27. The third-order valence-corrected chi connectivity index (χ3v) is 5.11. The van der Waals surface area contributed by atoms with Gasteiger partial charge in [-0.15, -0.1) is 10.2 Å². The zero-order valence-corrected chi connectivity index (χ0v) is 16.8. The van der Waals surface area contributed by atoms with E-state index in [4.69, 9.17) is 0 Å². The topological polar surface area (TPSA) is 116 Å². The van der Waals surface area contributed by atoms with Crippen LogP contribution in [0, 0.1) is 17.0 Å². The van der Waals surface area contributed by atoms with E-state index in [9.17, 15) is 14.9 Å². The number of nitrogens with zero attached hydrogens (tertiary/aromatic N) is 5. The van der Waals surface area contributed by atoms with Crippen molar-refractivity contribution in [2.24, 2.45) is 0 Å². The van der Waals surface area contributed by atoms with Crippen LogP contribution in [-0.2, 0) is 11.3 Å². The minimum Gasteiger partial charge on any atom is -0.325 e. The van der Waals surface area contributed by atoms with E-state index < -0.39 is 4.92 Å². The van der Waals surface area contributed by atoms with Gasteiger partial charge in [0.25, 0.3) is 5.69 Å². The number of aromatic nitrogens is 4. The van der Waals surface area contributed by atoms with Crippen molar-refractivity contribution in [2.75, 3.05) is 11.1 Å². The van der Waals surface area contributed by atoms with E-state index in [1.807, 2.05) is 16.7 Å². The maximum Gasteiger partial charge on any atom is 0.271 e. The highest BCUT2D eigenvalue weighted by Gasteiger charge is 2.16. The summed E-state index contributed by atoms with van der Waals surface area (Å²) in [7, 11) is 0. The summed E-state index contributed by atoms with van der Waals surface area (Å²) < 4.78 is 1.98. The van der Waals surface area contributed by atoms with Crippen LogP contribution in [0.3, 0.4) is 0 Å². The van der Waals surface area contributed by atoms with Crippen LogP contribution < -0.4 is 5.32 Å². The number of benzene rings is 1. The number of hydrogen-bond acceptors (Lipinski definition) is 7. The minimum absolute atomic E-state index is 0.0664. The summed E-state index contributed by atoms with van der Waals surface area (Å²) >= 11 is 1.27. The van der Waals surface area contributed by atoms with Crippen molar-refractivity contribution in [1.29, 1.82) is 0 Å². The van der Waals surface area contributed by atoms with Gasteiger partial charge in [-0.2, -0.15) is 0 Å². The van der Waals surface area contributed by atoms with E-state index in [0.29, 0.717) is 10.8 Å². The van der Waals surface area contributed by atoms with E-state index in [0.717, 1.165) is 29.9 Å². The molecule has 0 aliphatic carbocycles. The van der Waals surface area contributed by atoms with Gasteiger partial charge in [-0.3, -0.25) is 19.9 Å². The van der Waals surface area contributed by atoms with E-state index in [2.05, 4.69) is 27.4 Å². The Morgan fingerprint density at radius 1 is 1.24 bits per heavy atom. The zero-order valence-electron chi connectivity index (χ0n) is 16.0. The number of rotatable bonds is 8. The number of nitrogens with one attached hydrogen (secondary N) is 1. The Labute approximate surface area is 171 Å². The summed E-state index contributed by atoms with van der Waals surface area (Å²) in [6.45, 7) is 4.56. The van der Waals surface area contributed by atoms with Gasteiger partial charge in [0.1, 0.15) is 0 Å². The molecule has 1 aromatic carbocycles. The quantitative estimate of drug-likeness (QED) is 0.341. The Balaban J connectivity index is 1.71. The SMILES string of the molecule is CCCn1c(SCC(=O)Nc2cc([N+](=O)[O-])ccc2C)nnc1-c1ccncc1. The number of non-ortho nitro benzene ring substituents is 1. The number of anilines is 1. The predicted octanol–water partition coefficient (Wildman–Crippen LogP) is 3.70. The first kappa shape index (κ1) is 20.5. The molecule has 9 nitrogen and oxygen atoms in total. The van der Waals surface area contributed by atoms with Crippen LogP contribution in [-0.4, -0.2) is 36.3 Å². The maximum atomic E-state index is 12.4. The number of carbonyl (C=O) groups is 1. The second-order valence-electron chi connectivity index (χ2n) is 6.29. The minimum atomic E-state index is -0.488. The first-order valence-corrected chi connectivity index (χ1v) is 9.99. The number of hydrogen-bond donors (Lipinski definition) is 1. The van der Waals surface area contributed by atoms with Gasteiger partial charge in [0.2, 0.25) is 5.91 Å². The molecule has 150 valence electrons. The molecule has 0 saturated carbocycles. The Morgan fingerprint density at radius 2 is 2.00 bits per heavy atom. The summed E-state index contributed by atoms with van der Waals surface area (Å²) in [5.41, 5.74) is 2.02.